The first-order chi connectivity index (χ1) is 12.1. The van der Waals surface area contributed by atoms with Crippen molar-refractivity contribution in [2.75, 3.05) is 12.5 Å². The number of hydrazone groups is 1. The van der Waals surface area contributed by atoms with Gasteiger partial charge in [0.15, 0.2) is 11.5 Å². The summed E-state index contributed by atoms with van der Waals surface area (Å²) < 4.78 is 10.5. The fourth-order valence-corrected chi connectivity index (χ4v) is 1.89. The molecule has 0 aliphatic heterocycles. The number of amides is 1. The van der Waals surface area contributed by atoms with Crippen LogP contribution in [0.1, 0.15) is 22.8 Å². The molecule has 0 spiro atoms. The molecular weight excluding hydrogens is 346 g/mol. The van der Waals surface area contributed by atoms with Crippen LogP contribution in [0.5, 0.6) is 11.5 Å². The quantitative estimate of drug-likeness (QED) is 0.269. The largest absolute Gasteiger partial charge is 0.490 e. The molecule has 8 heteroatoms. The van der Waals surface area contributed by atoms with E-state index < -0.39 is 5.97 Å². The highest BCUT2D eigenvalue weighted by atomic mass is 35.5. The molecule has 0 atom stereocenters. The summed E-state index contributed by atoms with van der Waals surface area (Å²) in [7, 11) is 0. The number of carbonyl (C=O) groups is 2. The van der Waals surface area contributed by atoms with Crippen LogP contribution in [0.25, 0.3) is 0 Å². The molecule has 2 rings (SSSR count). The van der Waals surface area contributed by atoms with Gasteiger partial charge in [0.1, 0.15) is 5.88 Å². The van der Waals surface area contributed by atoms with Crippen molar-refractivity contribution in [3.05, 3.63) is 53.9 Å². The van der Waals surface area contributed by atoms with Gasteiger partial charge < -0.3 is 9.47 Å². The molecule has 1 aromatic carbocycles. The summed E-state index contributed by atoms with van der Waals surface area (Å²) in [5, 5.41) is 3.89. The van der Waals surface area contributed by atoms with Gasteiger partial charge >= 0.3 is 5.97 Å². The predicted octanol–water partition coefficient (Wildman–Crippen LogP) is 2.39. The van der Waals surface area contributed by atoms with Crippen molar-refractivity contribution < 1.29 is 19.1 Å². The molecule has 1 amide bonds. The van der Waals surface area contributed by atoms with Gasteiger partial charge in [-0.2, -0.15) is 5.10 Å². The normalized spacial score (nSPS) is 10.5. The summed E-state index contributed by atoms with van der Waals surface area (Å²) in [6, 6.07) is 8.16. The first kappa shape index (κ1) is 18.4. The molecule has 130 valence electrons. The van der Waals surface area contributed by atoms with E-state index in [1.54, 1.807) is 36.5 Å². The highest BCUT2D eigenvalue weighted by Gasteiger charge is 2.10. The topological polar surface area (TPSA) is 89.9 Å². The Morgan fingerprint density at radius 2 is 2.16 bits per heavy atom. The first-order valence-electron chi connectivity index (χ1n) is 7.41. The Balaban J connectivity index is 2.07. The monoisotopic (exact) mass is 361 g/mol. The second kappa shape index (κ2) is 9.39. The number of pyridine rings is 1. The third-order valence-corrected chi connectivity index (χ3v) is 3.12. The Morgan fingerprint density at radius 3 is 2.84 bits per heavy atom. The molecule has 0 saturated carbocycles. The minimum absolute atomic E-state index is 0.255. The molecule has 1 N–H and O–H groups in total. The van der Waals surface area contributed by atoms with E-state index in [1.807, 2.05) is 6.92 Å². The zero-order chi connectivity index (χ0) is 18.1. The Morgan fingerprint density at radius 1 is 1.32 bits per heavy atom. The minimum Gasteiger partial charge on any atom is -0.490 e. The molecule has 0 radical (unpaired) electrons. The molecule has 7 nitrogen and oxygen atoms in total. The molecule has 0 aliphatic carbocycles. The molecule has 0 saturated heterocycles. The van der Waals surface area contributed by atoms with Crippen LogP contribution in [0, 0.1) is 0 Å². The van der Waals surface area contributed by atoms with Gasteiger partial charge in [0.2, 0.25) is 0 Å². The van der Waals surface area contributed by atoms with Crippen molar-refractivity contribution in [3.63, 3.8) is 0 Å². The van der Waals surface area contributed by atoms with Crippen molar-refractivity contribution in [2.45, 2.75) is 6.92 Å². The second-order valence-corrected chi connectivity index (χ2v) is 4.95. The van der Waals surface area contributed by atoms with Crippen LogP contribution in [0.4, 0.5) is 0 Å². The number of carbonyl (C=O) groups excluding carboxylic acids is 2. The fraction of sp³-hybridized carbons (Fsp3) is 0.176. The number of ether oxygens (including phenoxy) is 2. The Hall–Kier alpha value is -2.93. The summed E-state index contributed by atoms with van der Waals surface area (Å²) in [6.07, 6.45) is 4.47. The summed E-state index contributed by atoms with van der Waals surface area (Å²) in [4.78, 5) is 27.0. The molecule has 2 aromatic rings. The highest BCUT2D eigenvalue weighted by Crippen LogP contribution is 2.28. The van der Waals surface area contributed by atoms with Gasteiger partial charge in [0.05, 0.1) is 18.4 Å². The molecule has 1 aromatic heterocycles. The van der Waals surface area contributed by atoms with E-state index in [-0.39, 0.29) is 17.5 Å². The van der Waals surface area contributed by atoms with Crippen molar-refractivity contribution in [3.8, 4) is 11.5 Å². The van der Waals surface area contributed by atoms with Crippen LogP contribution in [0.15, 0.2) is 47.8 Å². The van der Waals surface area contributed by atoms with Gasteiger partial charge in [-0.25, -0.2) is 5.43 Å². The van der Waals surface area contributed by atoms with Crippen LogP contribution in [-0.4, -0.2) is 35.6 Å². The van der Waals surface area contributed by atoms with Gasteiger partial charge in [-0.3, -0.25) is 14.6 Å². The van der Waals surface area contributed by atoms with E-state index >= 15 is 0 Å². The number of esters is 1. The van der Waals surface area contributed by atoms with Crippen LogP contribution >= 0.6 is 11.6 Å². The Labute approximate surface area is 149 Å². The lowest BCUT2D eigenvalue weighted by atomic mass is 10.2. The Bertz CT molecular complexity index is 766. The maximum atomic E-state index is 11.9. The standard InChI is InChI=1S/C17H16ClN3O4/c1-2-24-15-8-12(5-6-14(15)25-16(22)9-18)10-20-21-17(23)13-4-3-7-19-11-13/h3-8,10-11H,2,9H2,1H3,(H,21,23)/b20-10+. The molecule has 0 bridgehead atoms. The number of nitrogens with one attached hydrogen (secondary N) is 1. The van der Waals surface area contributed by atoms with Crippen molar-refractivity contribution in [2.24, 2.45) is 5.10 Å². The minimum atomic E-state index is -0.576. The molecule has 25 heavy (non-hydrogen) atoms. The van der Waals surface area contributed by atoms with E-state index in [1.165, 1.54) is 12.4 Å². The van der Waals surface area contributed by atoms with E-state index in [9.17, 15) is 9.59 Å². The number of hydrogen-bond acceptors (Lipinski definition) is 6. The van der Waals surface area contributed by atoms with Gasteiger partial charge in [-0.05, 0) is 42.8 Å². The lowest BCUT2D eigenvalue weighted by Crippen LogP contribution is -2.17. The number of aromatic nitrogens is 1. The zero-order valence-corrected chi connectivity index (χ0v) is 14.2. The van der Waals surface area contributed by atoms with Crippen LogP contribution < -0.4 is 14.9 Å². The third-order valence-electron chi connectivity index (χ3n) is 2.90. The van der Waals surface area contributed by atoms with Gasteiger partial charge in [0.25, 0.3) is 5.91 Å². The molecule has 0 aliphatic rings. The smallest absolute Gasteiger partial charge is 0.326 e. The van der Waals surface area contributed by atoms with Gasteiger partial charge in [-0.1, -0.05) is 0 Å². The van der Waals surface area contributed by atoms with E-state index in [4.69, 9.17) is 21.1 Å². The molecular formula is C17H16ClN3O4. The van der Waals surface area contributed by atoms with E-state index in [0.29, 0.717) is 23.5 Å². The SMILES string of the molecule is CCOc1cc(/C=N/NC(=O)c2cccnc2)ccc1OC(=O)CCl. The number of rotatable bonds is 7. The number of halogens is 1. The first-order valence-corrected chi connectivity index (χ1v) is 7.94. The van der Waals surface area contributed by atoms with Crippen molar-refractivity contribution in [1.29, 1.82) is 0 Å². The maximum absolute atomic E-state index is 11.9. The highest BCUT2D eigenvalue weighted by molar-refractivity contribution is 6.26. The zero-order valence-electron chi connectivity index (χ0n) is 13.4. The predicted molar refractivity (Wildman–Crippen MR) is 93.3 cm³/mol. The lowest BCUT2D eigenvalue weighted by Gasteiger charge is -2.10. The fourth-order valence-electron chi connectivity index (χ4n) is 1.83. The summed E-state index contributed by atoms with van der Waals surface area (Å²) >= 11 is 5.43. The summed E-state index contributed by atoms with van der Waals surface area (Å²) in [6.45, 7) is 2.20. The summed E-state index contributed by atoms with van der Waals surface area (Å²) in [5.41, 5.74) is 3.46. The second-order valence-electron chi connectivity index (χ2n) is 4.69. The number of benzene rings is 1. The van der Waals surface area contributed by atoms with Crippen molar-refractivity contribution in [1.82, 2.24) is 10.4 Å². The number of hydrogen-bond donors (Lipinski definition) is 1. The number of alkyl halides is 1. The van der Waals surface area contributed by atoms with Crippen LogP contribution in [0.2, 0.25) is 0 Å². The van der Waals surface area contributed by atoms with Crippen LogP contribution in [-0.2, 0) is 4.79 Å². The average Bonchev–Trinajstić information content (AvgIpc) is 2.64. The van der Waals surface area contributed by atoms with Gasteiger partial charge in [0, 0.05) is 12.4 Å². The average molecular weight is 362 g/mol. The van der Waals surface area contributed by atoms with Crippen LogP contribution in [0.3, 0.4) is 0 Å². The molecule has 1 heterocycles. The molecule has 0 fully saturated rings. The summed E-state index contributed by atoms with van der Waals surface area (Å²) in [5.74, 6) is -0.558. The third kappa shape index (κ3) is 5.58. The lowest BCUT2D eigenvalue weighted by molar-refractivity contribution is -0.131. The van der Waals surface area contributed by atoms with E-state index in [0.717, 1.165) is 0 Å². The molecule has 0 unspecified atom stereocenters. The van der Waals surface area contributed by atoms with Gasteiger partial charge in [-0.15, -0.1) is 11.6 Å². The van der Waals surface area contributed by atoms with E-state index in [2.05, 4.69) is 15.5 Å². The maximum Gasteiger partial charge on any atom is 0.326 e. The number of nitrogens with zero attached hydrogens (tertiary/aromatic N) is 2. The Kier molecular flexibility index (Phi) is 6.91. The van der Waals surface area contributed by atoms with Crippen molar-refractivity contribution >= 4 is 29.7 Å².